The van der Waals surface area contributed by atoms with Gasteiger partial charge < -0.3 is 14.7 Å². The van der Waals surface area contributed by atoms with E-state index in [0.717, 1.165) is 25.7 Å². The molecular formula is C13H21NO4. The Labute approximate surface area is 107 Å². The highest BCUT2D eigenvalue weighted by Crippen LogP contribution is 2.38. The second kappa shape index (κ2) is 5.26. The van der Waals surface area contributed by atoms with Crippen molar-refractivity contribution in [3.63, 3.8) is 0 Å². The molecule has 2 rings (SSSR count). The van der Waals surface area contributed by atoms with Crippen LogP contribution in [0.1, 0.15) is 39.0 Å². The number of morpholine rings is 1. The lowest BCUT2D eigenvalue weighted by molar-refractivity contribution is -0.164. The summed E-state index contributed by atoms with van der Waals surface area (Å²) >= 11 is 0. The minimum atomic E-state index is -0.970. The number of hydrogen-bond acceptors (Lipinski definition) is 3. The molecule has 1 unspecified atom stereocenters. The molecule has 0 bridgehead atoms. The lowest BCUT2D eigenvalue weighted by Crippen LogP contribution is -2.56. The molecule has 1 aliphatic heterocycles. The van der Waals surface area contributed by atoms with Crippen molar-refractivity contribution in [1.29, 1.82) is 0 Å². The van der Waals surface area contributed by atoms with E-state index in [1.165, 1.54) is 11.3 Å². The standard InChI is InChI=1S/C13H21NO4/c1-13(5-3-2-4-6-13)12(17)14-7-8-18-9-10(14)11(15)16/h10H,2-9H2,1H3,(H,15,16). The molecule has 102 valence electrons. The van der Waals surface area contributed by atoms with Gasteiger partial charge in [-0.05, 0) is 12.8 Å². The van der Waals surface area contributed by atoms with Crippen molar-refractivity contribution in [2.24, 2.45) is 5.41 Å². The molecule has 1 atom stereocenters. The second-order valence-electron chi connectivity index (χ2n) is 5.55. The molecule has 1 aliphatic carbocycles. The zero-order valence-corrected chi connectivity index (χ0v) is 10.9. The van der Waals surface area contributed by atoms with Crippen molar-refractivity contribution in [2.75, 3.05) is 19.8 Å². The smallest absolute Gasteiger partial charge is 0.328 e. The van der Waals surface area contributed by atoms with Crippen molar-refractivity contribution >= 4 is 11.9 Å². The van der Waals surface area contributed by atoms with Crippen LogP contribution in [0.25, 0.3) is 0 Å². The van der Waals surface area contributed by atoms with Gasteiger partial charge in [-0.15, -0.1) is 0 Å². The fourth-order valence-corrected chi connectivity index (χ4v) is 2.94. The van der Waals surface area contributed by atoms with Gasteiger partial charge in [-0.3, -0.25) is 4.79 Å². The van der Waals surface area contributed by atoms with Crippen molar-refractivity contribution in [2.45, 2.75) is 45.1 Å². The summed E-state index contributed by atoms with van der Waals surface area (Å²) in [5, 5.41) is 9.17. The molecule has 1 heterocycles. The third kappa shape index (κ3) is 2.51. The summed E-state index contributed by atoms with van der Waals surface area (Å²) in [5.74, 6) is -0.972. The molecule has 1 amide bonds. The number of aliphatic carboxylic acids is 1. The zero-order valence-electron chi connectivity index (χ0n) is 10.9. The Hall–Kier alpha value is -1.10. The summed E-state index contributed by atoms with van der Waals surface area (Å²) in [6, 6.07) is -0.815. The fourth-order valence-electron chi connectivity index (χ4n) is 2.94. The predicted molar refractivity (Wildman–Crippen MR) is 65.1 cm³/mol. The summed E-state index contributed by atoms with van der Waals surface area (Å²) in [6.07, 6.45) is 5.04. The van der Waals surface area contributed by atoms with E-state index in [2.05, 4.69) is 0 Å². The van der Waals surface area contributed by atoms with E-state index in [4.69, 9.17) is 9.84 Å². The first kappa shape index (κ1) is 13.3. The summed E-state index contributed by atoms with van der Waals surface area (Å²) < 4.78 is 5.17. The average Bonchev–Trinajstić information content (AvgIpc) is 2.38. The van der Waals surface area contributed by atoms with Crippen LogP contribution in [0.5, 0.6) is 0 Å². The van der Waals surface area contributed by atoms with E-state index in [0.29, 0.717) is 13.2 Å². The van der Waals surface area contributed by atoms with Crippen molar-refractivity contribution in [3.05, 3.63) is 0 Å². The van der Waals surface area contributed by atoms with Crippen LogP contribution in [-0.2, 0) is 14.3 Å². The Kier molecular flexibility index (Phi) is 3.90. The molecule has 2 aliphatic rings. The van der Waals surface area contributed by atoms with E-state index in [-0.39, 0.29) is 17.9 Å². The van der Waals surface area contributed by atoms with Gasteiger partial charge in [0, 0.05) is 12.0 Å². The lowest BCUT2D eigenvalue weighted by atomic mass is 9.74. The van der Waals surface area contributed by atoms with Gasteiger partial charge in [0.1, 0.15) is 0 Å². The number of carboxylic acid groups (broad SMARTS) is 1. The summed E-state index contributed by atoms with van der Waals surface area (Å²) in [6.45, 7) is 2.91. The number of amides is 1. The average molecular weight is 255 g/mol. The van der Waals surface area contributed by atoms with Crippen LogP contribution in [0.3, 0.4) is 0 Å². The Balaban J connectivity index is 2.12. The van der Waals surface area contributed by atoms with E-state index >= 15 is 0 Å². The van der Waals surface area contributed by atoms with E-state index in [1.54, 1.807) is 0 Å². The molecule has 0 aromatic carbocycles. The van der Waals surface area contributed by atoms with Crippen molar-refractivity contribution in [3.8, 4) is 0 Å². The number of carbonyl (C=O) groups excluding carboxylic acids is 1. The van der Waals surface area contributed by atoms with Gasteiger partial charge in [0.15, 0.2) is 6.04 Å². The molecule has 2 fully saturated rings. The number of carbonyl (C=O) groups is 2. The Bertz CT molecular complexity index is 336. The first-order valence-electron chi connectivity index (χ1n) is 6.66. The number of nitrogens with zero attached hydrogens (tertiary/aromatic N) is 1. The monoisotopic (exact) mass is 255 g/mol. The normalized spacial score (nSPS) is 27.8. The number of ether oxygens (including phenoxy) is 1. The maximum Gasteiger partial charge on any atom is 0.328 e. The molecule has 1 saturated heterocycles. The highest BCUT2D eigenvalue weighted by molar-refractivity contribution is 5.87. The lowest BCUT2D eigenvalue weighted by Gasteiger charge is -2.41. The number of carboxylic acids is 1. The third-order valence-electron chi connectivity index (χ3n) is 4.15. The number of rotatable bonds is 2. The van der Waals surface area contributed by atoms with Crippen LogP contribution < -0.4 is 0 Å². The largest absolute Gasteiger partial charge is 0.480 e. The van der Waals surface area contributed by atoms with Gasteiger partial charge in [-0.25, -0.2) is 4.79 Å². The highest BCUT2D eigenvalue weighted by Gasteiger charge is 2.42. The third-order valence-corrected chi connectivity index (χ3v) is 4.15. The molecule has 0 spiro atoms. The van der Waals surface area contributed by atoms with Gasteiger partial charge in [0.2, 0.25) is 5.91 Å². The highest BCUT2D eigenvalue weighted by atomic mass is 16.5. The Morgan fingerprint density at radius 2 is 1.94 bits per heavy atom. The minimum absolute atomic E-state index is 0.00194. The van der Waals surface area contributed by atoms with Gasteiger partial charge in [-0.1, -0.05) is 26.2 Å². The molecule has 0 aromatic heterocycles. The van der Waals surface area contributed by atoms with Gasteiger partial charge in [0.25, 0.3) is 0 Å². The van der Waals surface area contributed by atoms with Crippen molar-refractivity contribution < 1.29 is 19.4 Å². The Morgan fingerprint density at radius 3 is 2.56 bits per heavy atom. The van der Waals surface area contributed by atoms with Crippen LogP contribution in [0.4, 0.5) is 0 Å². The van der Waals surface area contributed by atoms with E-state index < -0.39 is 12.0 Å². The van der Waals surface area contributed by atoms with E-state index in [1.807, 2.05) is 6.92 Å². The molecule has 5 nitrogen and oxygen atoms in total. The second-order valence-corrected chi connectivity index (χ2v) is 5.55. The molecular weight excluding hydrogens is 234 g/mol. The summed E-state index contributed by atoms with van der Waals surface area (Å²) in [7, 11) is 0. The Morgan fingerprint density at radius 1 is 1.28 bits per heavy atom. The molecule has 5 heteroatoms. The maximum absolute atomic E-state index is 12.6. The predicted octanol–water partition coefficient (Wildman–Crippen LogP) is 1.27. The summed E-state index contributed by atoms with van der Waals surface area (Å²) in [4.78, 5) is 25.3. The van der Waals surface area contributed by atoms with E-state index in [9.17, 15) is 9.59 Å². The zero-order chi connectivity index (χ0) is 13.2. The van der Waals surface area contributed by atoms with Crippen molar-refractivity contribution in [1.82, 2.24) is 4.90 Å². The van der Waals surface area contributed by atoms with Gasteiger partial charge in [0.05, 0.1) is 13.2 Å². The van der Waals surface area contributed by atoms with Crippen LogP contribution in [0.2, 0.25) is 0 Å². The van der Waals surface area contributed by atoms with Crippen LogP contribution in [0.15, 0.2) is 0 Å². The fraction of sp³-hybridized carbons (Fsp3) is 0.846. The maximum atomic E-state index is 12.6. The first-order valence-corrected chi connectivity index (χ1v) is 6.66. The molecule has 1 N–H and O–H groups in total. The van der Waals surface area contributed by atoms with Gasteiger partial charge in [-0.2, -0.15) is 0 Å². The quantitative estimate of drug-likeness (QED) is 0.807. The summed E-state index contributed by atoms with van der Waals surface area (Å²) in [5.41, 5.74) is -0.372. The van der Waals surface area contributed by atoms with Crippen LogP contribution in [0, 0.1) is 5.41 Å². The molecule has 0 aromatic rings. The minimum Gasteiger partial charge on any atom is -0.480 e. The molecule has 18 heavy (non-hydrogen) atoms. The molecule has 0 radical (unpaired) electrons. The number of hydrogen-bond donors (Lipinski definition) is 1. The topological polar surface area (TPSA) is 66.8 Å². The van der Waals surface area contributed by atoms with Crippen LogP contribution >= 0.6 is 0 Å². The molecule has 1 saturated carbocycles. The van der Waals surface area contributed by atoms with Gasteiger partial charge >= 0.3 is 5.97 Å². The first-order chi connectivity index (χ1) is 8.54. The van der Waals surface area contributed by atoms with Crippen LogP contribution in [-0.4, -0.2) is 47.7 Å². The SMILES string of the molecule is CC1(C(=O)N2CCOCC2C(=O)O)CCCCC1.